The molecule has 2 N–H and O–H groups in total. The summed E-state index contributed by atoms with van der Waals surface area (Å²) in [4.78, 5) is 2.71. The van der Waals surface area contributed by atoms with Crippen LogP contribution in [0.4, 0.5) is 5.69 Å². The van der Waals surface area contributed by atoms with E-state index in [9.17, 15) is 8.42 Å². The molecule has 24 heavy (non-hydrogen) atoms. The molecule has 1 aromatic carbocycles. The van der Waals surface area contributed by atoms with Crippen molar-refractivity contribution in [3.8, 4) is 0 Å². The molecule has 129 valence electrons. The van der Waals surface area contributed by atoms with E-state index in [0.717, 1.165) is 30.6 Å². The van der Waals surface area contributed by atoms with Gasteiger partial charge < -0.3 is 10.6 Å². The van der Waals surface area contributed by atoms with Gasteiger partial charge in [-0.05, 0) is 56.0 Å². The van der Waals surface area contributed by atoms with Crippen LogP contribution in [0.1, 0.15) is 24.0 Å². The first-order valence-electron chi connectivity index (χ1n) is 8.26. The van der Waals surface area contributed by atoms with E-state index in [0.29, 0.717) is 24.3 Å². The average Bonchev–Trinajstić information content (AvgIpc) is 3.02. The van der Waals surface area contributed by atoms with Gasteiger partial charge in [-0.1, -0.05) is 12.1 Å². The number of sulfone groups is 1. The molecular weight excluding hydrogens is 340 g/mol. The summed E-state index contributed by atoms with van der Waals surface area (Å²) in [5.74, 6) is 0. The van der Waals surface area contributed by atoms with E-state index < -0.39 is 9.84 Å². The zero-order chi connectivity index (χ0) is 17.2. The average molecular weight is 364 g/mol. The maximum atomic E-state index is 12.9. The van der Waals surface area contributed by atoms with Crippen molar-refractivity contribution < 1.29 is 8.42 Å². The maximum Gasteiger partial charge on any atom is 0.181 e. The first-order chi connectivity index (χ1) is 11.5. The molecule has 1 saturated heterocycles. The number of nitrogens with zero attached hydrogens (tertiary/aromatic N) is 1. The Kier molecular flexibility index (Phi) is 5.27. The topological polar surface area (TPSA) is 63.4 Å². The van der Waals surface area contributed by atoms with Gasteiger partial charge in [0.05, 0.1) is 15.8 Å². The lowest BCUT2D eigenvalue weighted by Gasteiger charge is -2.33. The molecule has 2 heterocycles. The van der Waals surface area contributed by atoms with Crippen molar-refractivity contribution in [2.45, 2.75) is 36.3 Å². The van der Waals surface area contributed by atoms with Crippen molar-refractivity contribution in [2.24, 2.45) is 5.73 Å². The van der Waals surface area contributed by atoms with Gasteiger partial charge >= 0.3 is 0 Å². The molecule has 0 amide bonds. The predicted molar refractivity (Wildman–Crippen MR) is 99.5 cm³/mol. The van der Waals surface area contributed by atoms with Crippen LogP contribution >= 0.6 is 11.3 Å². The van der Waals surface area contributed by atoms with Gasteiger partial charge in [0.15, 0.2) is 9.84 Å². The van der Waals surface area contributed by atoms with E-state index in [1.807, 2.05) is 12.1 Å². The summed E-state index contributed by atoms with van der Waals surface area (Å²) in [7, 11) is -3.26. The van der Waals surface area contributed by atoms with Gasteiger partial charge in [0.1, 0.15) is 0 Å². The molecule has 1 aromatic heterocycles. The van der Waals surface area contributed by atoms with Crippen LogP contribution in [0.25, 0.3) is 0 Å². The highest BCUT2D eigenvalue weighted by Crippen LogP contribution is 2.30. The fourth-order valence-electron chi connectivity index (χ4n) is 3.24. The fourth-order valence-corrected chi connectivity index (χ4v) is 5.75. The van der Waals surface area contributed by atoms with Crippen LogP contribution in [0.15, 0.2) is 34.5 Å². The minimum Gasteiger partial charge on any atom is -0.371 e. The van der Waals surface area contributed by atoms with Gasteiger partial charge in [0.25, 0.3) is 0 Å². The van der Waals surface area contributed by atoms with Crippen LogP contribution in [-0.2, 0) is 16.3 Å². The number of benzene rings is 1. The standard InChI is InChI=1S/C18H23N2O2S2/c1-14-12-23-13-18(14)20-10-7-17(8-11-20)24(21,22)16-4-2-15(3-5-16)6-9-19/h2-5,13,17H,6-11,19H2,1H3. The van der Waals surface area contributed by atoms with Crippen molar-refractivity contribution >= 4 is 26.9 Å². The van der Waals surface area contributed by atoms with Crippen molar-refractivity contribution in [3.63, 3.8) is 0 Å². The molecule has 0 bridgehead atoms. The number of piperidine rings is 1. The Morgan fingerprint density at radius 2 is 1.92 bits per heavy atom. The highest BCUT2D eigenvalue weighted by Gasteiger charge is 2.31. The van der Waals surface area contributed by atoms with Gasteiger partial charge in [-0.2, -0.15) is 0 Å². The lowest BCUT2D eigenvalue weighted by Crippen LogP contribution is -2.39. The second-order valence-electron chi connectivity index (χ2n) is 6.26. The molecule has 4 nitrogen and oxygen atoms in total. The third-order valence-corrected chi connectivity index (χ3v) is 7.72. The number of hydrogen-bond donors (Lipinski definition) is 1. The van der Waals surface area contributed by atoms with Gasteiger partial charge in [-0.25, -0.2) is 8.42 Å². The lowest BCUT2D eigenvalue weighted by atomic mass is 10.1. The number of thiophene rings is 1. The monoisotopic (exact) mass is 363 g/mol. The van der Waals surface area contributed by atoms with Crippen molar-refractivity contribution in [1.29, 1.82) is 0 Å². The summed E-state index contributed by atoms with van der Waals surface area (Å²) in [6.45, 7) is 4.18. The molecule has 3 rings (SSSR count). The van der Waals surface area contributed by atoms with Crippen LogP contribution in [0.3, 0.4) is 0 Å². The Bertz CT molecular complexity index is 774. The van der Waals surface area contributed by atoms with Crippen LogP contribution in [-0.4, -0.2) is 33.3 Å². The Labute approximate surface area is 148 Å². The quantitative estimate of drug-likeness (QED) is 0.887. The molecular formula is C18H23N2O2S2. The van der Waals surface area contributed by atoms with E-state index in [2.05, 4.69) is 22.6 Å². The second kappa shape index (κ2) is 7.25. The molecule has 0 spiro atoms. The number of rotatable bonds is 5. The molecule has 1 radical (unpaired) electrons. The molecule has 1 aliphatic heterocycles. The largest absolute Gasteiger partial charge is 0.371 e. The molecule has 0 atom stereocenters. The van der Waals surface area contributed by atoms with Gasteiger partial charge in [0, 0.05) is 23.8 Å². The van der Waals surface area contributed by atoms with E-state index in [1.54, 1.807) is 23.5 Å². The minimum atomic E-state index is -3.26. The van der Waals surface area contributed by atoms with Crippen LogP contribution < -0.4 is 10.6 Å². The Morgan fingerprint density at radius 1 is 1.25 bits per heavy atom. The van der Waals surface area contributed by atoms with Gasteiger partial charge in [0.2, 0.25) is 0 Å². The maximum absolute atomic E-state index is 12.9. The van der Waals surface area contributed by atoms with Crippen LogP contribution in [0, 0.1) is 12.3 Å². The summed E-state index contributed by atoms with van der Waals surface area (Å²) in [5, 5.41) is 5.02. The molecule has 2 aromatic rings. The van der Waals surface area contributed by atoms with Crippen LogP contribution in [0.2, 0.25) is 0 Å². The SMILES string of the molecule is Cc1[c]scc1N1CCC(S(=O)(=O)c2ccc(CCN)cc2)CC1. The fraction of sp³-hybridized carbons (Fsp3) is 0.444. The normalized spacial score (nSPS) is 16.5. The molecule has 1 aliphatic rings. The van der Waals surface area contributed by atoms with E-state index in [1.165, 1.54) is 5.69 Å². The van der Waals surface area contributed by atoms with E-state index in [4.69, 9.17) is 5.73 Å². The highest BCUT2D eigenvalue weighted by atomic mass is 32.2. The van der Waals surface area contributed by atoms with Crippen LogP contribution in [0.5, 0.6) is 0 Å². The first-order valence-corrected chi connectivity index (χ1v) is 10.7. The third-order valence-electron chi connectivity index (χ3n) is 4.67. The van der Waals surface area contributed by atoms with Crippen molar-refractivity contribution in [1.82, 2.24) is 0 Å². The zero-order valence-electron chi connectivity index (χ0n) is 13.9. The third kappa shape index (κ3) is 3.50. The second-order valence-corrected chi connectivity index (χ2v) is 9.17. The number of nitrogens with two attached hydrogens (primary N) is 1. The van der Waals surface area contributed by atoms with Gasteiger partial charge in [-0.3, -0.25) is 0 Å². The molecule has 1 fully saturated rings. The summed E-state index contributed by atoms with van der Waals surface area (Å²) < 4.78 is 25.7. The Balaban J connectivity index is 1.69. The summed E-state index contributed by atoms with van der Waals surface area (Å²) in [5.41, 5.74) is 8.97. The molecule has 0 saturated carbocycles. The van der Waals surface area contributed by atoms with Crippen molar-refractivity contribution in [2.75, 3.05) is 24.5 Å². The van der Waals surface area contributed by atoms with E-state index in [-0.39, 0.29) is 5.25 Å². The first kappa shape index (κ1) is 17.5. The number of aryl methyl sites for hydroxylation is 1. The summed E-state index contributed by atoms with van der Waals surface area (Å²) in [6.07, 6.45) is 2.11. The molecule has 0 aliphatic carbocycles. The number of hydrogen-bond acceptors (Lipinski definition) is 5. The zero-order valence-corrected chi connectivity index (χ0v) is 15.5. The molecule has 6 heteroatoms. The Hall–Kier alpha value is -1.37. The highest BCUT2D eigenvalue weighted by molar-refractivity contribution is 7.92. The van der Waals surface area contributed by atoms with Gasteiger partial charge in [-0.15, -0.1) is 11.3 Å². The Morgan fingerprint density at radius 3 is 2.46 bits per heavy atom. The minimum absolute atomic E-state index is 0.294. The number of anilines is 1. The predicted octanol–water partition coefficient (Wildman–Crippen LogP) is 2.80. The molecule has 0 unspecified atom stereocenters. The summed E-state index contributed by atoms with van der Waals surface area (Å²) >= 11 is 1.57. The van der Waals surface area contributed by atoms with E-state index >= 15 is 0 Å². The summed E-state index contributed by atoms with van der Waals surface area (Å²) in [6, 6.07) is 7.20. The van der Waals surface area contributed by atoms with Crippen molar-refractivity contribution in [3.05, 3.63) is 46.2 Å². The smallest absolute Gasteiger partial charge is 0.181 e. The lowest BCUT2D eigenvalue weighted by molar-refractivity contribution is 0.530.